The second-order valence-corrected chi connectivity index (χ2v) is 7.67. The number of alkyl halides is 1. The van der Waals surface area contributed by atoms with Crippen LogP contribution in [0.3, 0.4) is 0 Å². The number of hydrogen-bond acceptors (Lipinski definition) is 2. The van der Waals surface area contributed by atoms with E-state index < -0.39 is 0 Å². The Labute approximate surface area is 171 Å². The molecule has 0 aliphatic heterocycles. The fourth-order valence-corrected chi connectivity index (χ4v) is 3.17. The normalized spacial score (nSPS) is 13.0. The molecule has 27 heavy (non-hydrogen) atoms. The molecule has 6 heteroatoms. The minimum absolute atomic E-state index is 0.211. The number of allylic oxidation sites excluding steroid dienone is 4. The van der Waals surface area contributed by atoms with Crippen molar-refractivity contribution >= 4 is 23.2 Å². The molecule has 146 valence electrons. The molecule has 2 rings (SSSR count). The maximum Gasteiger partial charge on any atom is 0.123 e. The first kappa shape index (κ1) is 21.7. The summed E-state index contributed by atoms with van der Waals surface area (Å²) in [5.41, 5.74) is 1.99. The summed E-state index contributed by atoms with van der Waals surface area (Å²) in [4.78, 5) is 6.79. The van der Waals surface area contributed by atoms with E-state index in [2.05, 4.69) is 28.3 Å². The smallest absolute Gasteiger partial charge is 0.123 e. The average Bonchev–Trinajstić information content (AvgIpc) is 3.00. The van der Waals surface area contributed by atoms with Gasteiger partial charge in [0.2, 0.25) is 0 Å². The molecule has 0 radical (unpaired) electrons. The van der Waals surface area contributed by atoms with Crippen molar-refractivity contribution in [2.75, 3.05) is 5.88 Å². The van der Waals surface area contributed by atoms with Crippen LogP contribution in [-0.2, 0) is 19.6 Å². The summed E-state index contributed by atoms with van der Waals surface area (Å²) < 4.78 is 15.6. The predicted molar refractivity (Wildman–Crippen MR) is 111 cm³/mol. The summed E-state index contributed by atoms with van der Waals surface area (Å²) in [5, 5.41) is 0.711. The molecule has 0 amide bonds. The maximum absolute atomic E-state index is 13.5. The molecule has 2 aromatic rings. The minimum atomic E-state index is -0.211. The number of halogens is 3. The fourth-order valence-electron chi connectivity index (χ4n) is 2.83. The minimum Gasteiger partial charge on any atom is -0.329 e. The van der Waals surface area contributed by atoms with Crippen molar-refractivity contribution < 1.29 is 4.39 Å². The van der Waals surface area contributed by atoms with E-state index in [1.165, 1.54) is 6.07 Å². The molecule has 0 unspecified atom stereocenters. The number of rotatable bonds is 9. The molecule has 1 heterocycles. The Bertz CT molecular complexity index is 792. The third-order valence-corrected chi connectivity index (χ3v) is 4.49. The van der Waals surface area contributed by atoms with Gasteiger partial charge in [0.15, 0.2) is 0 Å². The molecule has 0 saturated heterocycles. The van der Waals surface area contributed by atoms with Crippen molar-refractivity contribution in [2.24, 2.45) is 0 Å². The van der Waals surface area contributed by atoms with Crippen molar-refractivity contribution in [1.29, 1.82) is 0 Å². The quantitative estimate of drug-likeness (QED) is 0.388. The van der Waals surface area contributed by atoms with Gasteiger partial charge in [0.05, 0.1) is 6.54 Å². The molecule has 0 N–H and O–H groups in total. The van der Waals surface area contributed by atoms with Crippen molar-refractivity contribution in [3.05, 3.63) is 76.6 Å². The van der Waals surface area contributed by atoms with Gasteiger partial charge in [-0.3, -0.25) is 4.90 Å². The highest BCUT2D eigenvalue weighted by Gasteiger charge is 2.15. The molecular formula is C21H26Cl2FN3. The standard InChI is InChI=1S/C21H26Cl2FN3/c1-16(2)27(14-18-5-4-6-20(24)12-18)15-21-25-9-10-26(21)13-19(7-8-22)11-17(3)23/h4-7,9-12,16H,8,13-15H2,1-3H3/b17-11+,19-7+. The summed E-state index contributed by atoms with van der Waals surface area (Å²) in [7, 11) is 0. The van der Waals surface area contributed by atoms with E-state index in [1.807, 2.05) is 31.3 Å². The SMILES string of the molecule is C/C(Cl)=C\C(=C/CCl)Cn1ccnc1CN(Cc1cccc(F)c1)C(C)C. The zero-order valence-electron chi connectivity index (χ0n) is 16.0. The molecule has 0 fully saturated rings. The lowest BCUT2D eigenvalue weighted by molar-refractivity contribution is 0.196. The highest BCUT2D eigenvalue weighted by molar-refractivity contribution is 6.29. The Morgan fingerprint density at radius 1 is 1.33 bits per heavy atom. The summed E-state index contributed by atoms with van der Waals surface area (Å²) >= 11 is 11.9. The topological polar surface area (TPSA) is 21.1 Å². The van der Waals surface area contributed by atoms with Crippen molar-refractivity contribution in [1.82, 2.24) is 14.5 Å². The number of nitrogens with zero attached hydrogens (tertiary/aromatic N) is 3. The fraction of sp³-hybridized carbons (Fsp3) is 0.381. The lowest BCUT2D eigenvalue weighted by Crippen LogP contribution is -2.31. The van der Waals surface area contributed by atoms with Crippen LogP contribution >= 0.6 is 23.2 Å². The summed E-state index contributed by atoms with van der Waals surface area (Å²) in [6.45, 7) is 8.08. The van der Waals surface area contributed by atoms with Gasteiger partial charge in [-0.15, -0.1) is 11.6 Å². The second kappa shape index (κ2) is 10.6. The van der Waals surface area contributed by atoms with Crippen molar-refractivity contribution in [3.63, 3.8) is 0 Å². The van der Waals surface area contributed by atoms with Crippen molar-refractivity contribution in [3.8, 4) is 0 Å². The first-order valence-corrected chi connectivity index (χ1v) is 9.87. The number of aromatic nitrogens is 2. The Morgan fingerprint density at radius 3 is 2.74 bits per heavy atom. The third-order valence-electron chi connectivity index (χ3n) is 4.23. The largest absolute Gasteiger partial charge is 0.329 e. The molecule has 1 aromatic heterocycles. The second-order valence-electron chi connectivity index (χ2n) is 6.76. The Kier molecular flexibility index (Phi) is 8.55. The summed E-state index contributed by atoms with van der Waals surface area (Å²) in [6, 6.07) is 7.03. The van der Waals surface area contributed by atoms with Gasteiger partial charge in [-0.05, 0) is 50.1 Å². The van der Waals surface area contributed by atoms with Crippen LogP contribution < -0.4 is 0 Å². The van der Waals surface area contributed by atoms with Gasteiger partial charge in [-0.2, -0.15) is 0 Å². The highest BCUT2D eigenvalue weighted by atomic mass is 35.5. The molecular weight excluding hydrogens is 384 g/mol. The third kappa shape index (κ3) is 7.13. The van der Waals surface area contributed by atoms with Crippen LogP contribution in [0.4, 0.5) is 4.39 Å². The van der Waals surface area contributed by atoms with Crippen LogP contribution in [0.5, 0.6) is 0 Å². The molecule has 0 atom stereocenters. The Balaban J connectivity index is 2.16. The van der Waals surface area contributed by atoms with Gasteiger partial charge in [0.25, 0.3) is 0 Å². The molecule has 3 nitrogen and oxygen atoms in total. The zero-order valence-corrected chi connectivity index (χ0v) is 17.5. The predicted octanol–water partition coefficient (Wildman–Crippen LogP) is 5.74. The van der Waals surface area contributed by atoms with Crippen molar-refractivity contribution in [2.45, 2.75) is 46.4 Å². The Morgan fingerprint density at radius 2 is 2.11 bits per heavy atom. The maximum atomic E-state index is 13.5. The van der Waals surface area contributed by atoms with Crippen LogP contribution in [0, 0.1) is 5.82 Å². The average molecular weight is 410 g/mol. The lowest BCUT2D eigenvalue weighted by atomic mass is 10.2. The van der Waals surface area contributed by atoms with E-state index >= 15 is 0 Å². The highest BCUT2D eigenvalue weighted by Crippen LogP contribution is 2.16. The summed E-state index contributed by atoms with van der Waals surface area (Å²) in [5.74, 6) is 1.16. The van der Waals surface area contributed by atoms with Gasteiger partial charge < -0.3 is 4.57 Å². The van der Waals surface area contributed by atoms with E-state index in [-0.39, 0.29) is 5.82 Å². The van der Waals surface area contributed by atoms with E-state index in [9.17, 15) is 4.39 Å². The molecule has 0 aliphatic rings. The van der Waals surface area contributed by atoms with E-state index in [0.29, 0.717) is 36.6 Å². The van der Waals surface area contributed by atoms with E-state index in [1.54, 1.807) is 18.3 Å². The first-order chi connectivity index (χ1) is 12.9. The van der Waals surface area contributed by atoms with Crippen LogP contribution in [0.1, 0.15) is 32.2 Å². The number of imidazole rings is 1. The molecule has 0 aliphatic carbocycles. The van der Waals surface area contributed by atoms with Gasteiger partial charge in [0.1, 0.15) is 11.6 Å². The van der Waals surface area contributed by atoms with Gasteiger partial charge in [-0.25, -0.2) is 9.37 Å². The van der Waals surface area contributed by atoms with Crippen LogP contribution in [0.15, 0.2) is 59.4 Å². The number of benzene rings is 1. The molecule has 0 bridgehead atoms. The Hall–Kier alpha value is -1.62. The molecule has 0 spiro atoms. The zero-order chi connectivity index (χ0) is 19.8. The number of hydrogen-bond donors (Lipinski definition) is 0. The van der Waals surface area contributed by atoms with E-state index in [0.717, 1.165) is 17.0 Å². The monoisotopic (exact) mass is 409 g/mol. The molecule has 0 saturated carbocycles. The van der Waals surface area contributed by atoms with Crippen LogP contribution in [0.2, 0.25) is 0 Å². The molecule has 1 aromatic carbocycles. The van der Waals surface area contributed by atoms with Crippen LogP contribution in [0.25, 0.3) is 0 Å². The first-order valence-electron chi connectivity index (χ1n) is 8.96. The van der Waals surface area contributed by atoms with Gasteiger partial charge in [-0.1, -0.05) is 29.8 Å². The van der Waals surface area contributed by atoms with Gasteiger partial charge >= 0.3 is 0 Å². The van der Waals surface area contributed by atoms with E-state index in [4.69, 9.17) is 23.2 Å². The van der Waals surface area contributed by atoms with Crippen LogP contribution in [-0.4, -0.2) is 26.4 Å². The van der Waals surface area contributed by atoms with Gasteiger partial charge in [0, 0.05) is 42.4 Å². The summed E-state index contributed by atoms with van der Waals surface area (Å²) in [6.07, 6.45) is 7.62. The lowest BCUT2D eigenvalue weighted by Gasteiger charge is -2.26.